The van der Waals surface area contributed by atoms with E-state index in [1.807, 2.05) is 20.8 Å². The van der Waals surface area contributed by atoms with Gasteiger partial charge in [0.25, 0.3) is 0 Å². The molecule has 10 heteroatoms. The minimum Gasteiger partial charge on any atom is -0.458 e. The van der Waals surface area contributed by atoms with Gasteiger partial charge in [-0.05, 0) is 64.2 Å². The molecule has 0 aliphatic carbocycles. The fourth-order valence-corrected chi connectivity index (χ4v) is 2.76. The zero-order valence-corrected chi connectivity index (χ0v) is 23.8. The highest BCUT2D eigenvalue weighted by Gasteiger charge is 2.25. The van der Waals surface area contributed by atoms with E-state index >= 15 is 0 Å². The average molecular weight is 538 g/mol. The van der Waals surface area contributed by atoms with E-state index in [1.54, 1.807) is 40.7 Å². The molecule has 4 atom stereocenters. The maximum atomic E-state index is 12.5. The molecule has 214 valence electrons. The monoisotopic (exact) mass is 537 g/mol. The minimum atomic E-state index is -1.05. The van der Waals surface area contributed by atoms with Crippen LogP contribution in [0.1, 0.15) is 80.2 Å². The molecule has 0 bridgehead atoms. The maximum absolute atomic E-state index is 12.5. The molecule has 0 saturated carbocycles. The minimum absolute atomic E-state index is 0.0621. The van der Waals surface area contributed by atoms with Crippen molar-refractivity contribution in [3.63, 3.8) is 0 Å². The van der Waals surface area contributed by atoms with Crippen molar-refractivity contribution in [1.29, 1.82) is 0 Å². The fraction of sp³-hybridized carbons (Fsp3) is 0.643. The van der Waals surface area contributed by atoms with Crippen LogP contribution in [-0.4, -0.2) is 48.4 Å². The van der Waals surface area contributed by atoms with Crippen LogP contribution in [0.2, 0.25) is 0 Å². The van der Waals surface area contributed by atoms with Crippen LogP contribution in [0, 0.1) is 11.8 Å². The summed E-state index contributed by atoms with van der Waals surface area (Å²) in [4.78, 5) is 49.1. The summed E-state index contributed by atoms with van der Waals surface area (Å²) in [5.41, 5.74) is 5.96. The number of benzene rings is 1. The van der Waals surface area contributed by atoms with Gasteiger partial charge in [0.2, 0.25) is 0 Å². The van der Waals surface area contributed by atoms with Crippen molar-refractivity contribution in [2.75, 3.05) is 6.61 Å². The topological polar surface area (TPSA) is 140 Å². The highest BCUT2D eigenvalue weighted by atomic mass is 16.7. The SMILES string of the molecule is CCC(C)C(=O)Oc1ccc(C[C@H](N)C(=O)O[C@@H](C)COC(=O)OC(C)(C)CC)cc1OC(=O)C(C)CC. The Hall–Kier alpha value is -3.14. The Balaban J connectivity index is 2.87. The molecule has 0 saturated heterocycles. The standard InChI is InChI=1S/C28H43NO9/c1-9-17(4)24(30)36-22-13-12-20(15-23(22)37-25(31)18(5)10-2)14-21(29)26(32)35-19(6)16-34-27(33)38-28(7,8)11-3/h12-13,15,17-19,21H,9-11,14,16,29H2,1-8H3/t17?,18?,19-,21-/m0/s1. The Morgan fingerprint density at radius 3 is 1.95 bits per heavy atom. The van der Waals surface area contributed by atoms with Crippen LogP contribution >= 0.6 is 0 Å². The molecule has 1 aromatic carbocycles. The van der Waals surface area contributed by atoms with Crippen LogP contribution in [-0.2, 0) is 35.0 Å². The molecule has 1 rings (SSSR count). The van der Waals surface area contributed by atoms with Gasteiger partial charge in [0, 0.05) is 0 Å². The molecule has 2 N–H and O–H groups in total. The Morgan fingerprint density at radius 2 is 1.42 bits per heavy atom. The number of nitrogens with two attached hydrogens (primary N) is 1. The Labute approximate surface area is 225 Å². The number of carbonyl (C=O) groups is 4. The Morgan fingerprint density at radius 1 is 0.868 bits per heavy atom. The van der Waals surface area contributed by atoms with Crippen molar-refractivity contribution in [2.24, 2.45) is 17.6 Å². The largest absolute Gasteiger partial charge is 0.508 e. The molecule has 0 spiro atoms. The Kier molecular flexibility index (Phi) is 13.3. The highest BCUT2D eigenvalue weighted by Crippen LogP contribution is 2.31. The summed E-state index contributed by atoms with van der Waals surface area (Å²) in [7, 11) is 0. The quantitative estimate of drug-likeness (QED) is 0.261. The van der Waals surface area contributed by atoms with Crippen LogP contribution in [0.5, 0.6) is 11.5 Å². The van der Waals surface area contributed by atoms with Crippen molar-refractivity contribution in [3.8, 4) is 11.5 Å². The first-order chi connectivity index (χ1) is 17.7. The third kappa shape index (κ3) is 11.1. The summed E-state index contributed by atoms with van der Waals surface area (Å²) in [5, 5.41) is 0. The molecule has 0 heterocycles. The van der Waals surface area contributed by atoms with Gasteiger partial charge < -0.3 is 29.4 Å². The zero-order valence-electron chi connectivity index (χ0n) is 23.8. The van der Waals surface area contributed by atoms with Gasteiger partial charge in [-0.1, -0.05) is 40.7 Å². The number of rotatable bonds is 14. The van der Waals surface area contributed by atoms with Gasteiger partial charge >= 0.3 is 24.1 Å². The third-order valence-electron chi connectivity index (χ3n) is 6.18. The average Bonchev–Trinajstić information content (AvgIpc) is 2.87. The van der Waals surface area contributed by atoms with E-state index < -0.39 is 41.8 Å². The predicted molar refractivity (Wildman–Crippen MR) is 141 cm³/mol. The first-order valence-electron chi connectivity index (χ1n) is 13.1. The van der Waals surface area contributed by atoms with E-state index in [9.17, 15) is 19.2 Å². The second kappa shape index (κ2) is 15.3. The lowest BCUT2D eigenvalue weighted by Gasteiger charge is -2.23. The highest BCUT2D eigenvalue weighted by molar-refractivity contribution is 5.79. The fourth-order valence-electron chi connectivity index (χ4n) is 2.76. The lowest BCUT2D eigenvalue weighted by Crippen LogP contribution is -2.37. The normalized spacial score (nSPS) is 14.4. The number of esters is 3. The molecular formula is C28H43NO9. The summed E-state index contributed by atoms with van der Waals surface area (Å²) < 4.78 is 26.5. The molecular weight excluding hydrogens is 494 g/mol. The number of hydrogen-bond donors (Lipinski definition) is 1. The predicted octanol–water partition coefficient (Wildman–Crippen LogP) is 4.73. The van der Waals surface area contributed by atoms with Gasteiger partial charge in [-0.3, -0.25) is 14.4 Å². The van der Waals surface area contributed by atoms with Gasteiger partial charge in [-0.25, -0.2) is 4.79 Å². The number of ether oxygens (including phenoxy) is 5. The number of carbonyl (C=O) groups excluding carboxylic acids is 4. The molecule has 0 aliphatic heterocycles. The molecule has 0 aliphatic rings. The van der Waals surface area contributed by atoms with Crippen molar-refractivity contribution in [2.45, 2.75) is 98.8 Å². The molecule has 0 aromatic heterocycles. The van der Waals surface area contributed by atoms with Crippen molar-refractivity contribution >= 4 is 24.1 Å². The maximum Gasteiger partial charge on any atom is 0.508 e. The van der Waals surface area contributed by atoms with Crippen LogP contribution in [0.25, 0.3) is 0 Å². The lowest BCUT2D eigenvalue weighted by molar-refractivity contribution is -0.152. The molecule has 10 nitrogen and oxygen atoms in total. The van der Waals surface area contributed by atoms with Gasteiger partial charge in [-0.15, -0.1) is 0 Å². The molecule has 0 radical (unpaired) electrons. The van der Waals surface area contributed by atoms with Gasteiger partial charge in [0.15, 0.2) is 11.5 Å². The van der Waals surface area contributed by atoms with E-state index in [0.717, 1.165) is 0 Å². The van der Waals surface area contributed by atoms with Gasteiger partial charge in [-0.2, -0.15) is 0 Å². The van der Waals surface area contributed by atoms with Gasteiger partial charge in [0.1, 0.15) is 24.4 Å². The summed E-state index contributed by atoms with van der Waals surface area (Å²) in [6.45, 7) is 14.0. The molecule has 38 heavy (non-hydrogen) atoms. The van der Waals surface area contributed by atoms with Crippen LogP contribution in [0.4, 0.5) is 4.79 Å². The van der Waals surface area contributed by atoms with Crippen molar-refractivity contribution in [3.05, 3.63) is 23.8 Å². The van der Waals surface area contributed by atoms with E-state index in [4.69, 9.17) is 29.4 Å². The van der Waals surface area contributed by atoms with E-state index in [-0.39, 0.29) is 36.4 Å². The summed E-state index contributed by atoms with van der Waals surface area (Å²) in [6.07, 6.45) is 0.246. The second-order valence-electron chi connectivity index (χ2n) is 10.1. The molecule has 0 fully saturated rings. The molecule has 0 amide bonds. The first-order valence-corrected chi connectivity index (χ1v) is 13.1. The van der Waals surface area contributed by atoms with E-state index in [0.29, 0.717) is 24.8 Å². The van der Waals surface area contributed by atoms with E-state index in [2.05, 4.69) is 0 Å². The zero-order chi connectivity index (χ0) is 29.0. The summed E-state index contributed by atoms with van der Waals surface area (Å²) >= 11 is 0. The smallest absolute Gasteiger partial charge is 0.458 e. The van der Waals surface area contributed by atoms with Crippen molar-refractivity contribution < 1.29 is 42.9 Å². The summed E-state index contributed by atoms with van der Waals surface area (Å²) in [5.74, 6) is -2.13. The molecule has 2 unspecified atom stereocenters. The molecule has 1 aromatic rings. The van der Waals surface area contributed by atoms with Crippen molar-refractivity contribution in [1.82, 2.24) is 0 Å². The van der Waals surface area contributed by atoms with E-state index in [1.165, 1.54) is 12.1 Å². The summed E-state index contributed by atoms with van der Waals surface area (Å²) in [6, 6.07) is 3.61. The van der Waals surface area contributed by atoms with Crippen LogP contribution < -0.4 is 15.2 Å². The lowest BCUT2D eigenvalue weighted by atomic mass is 10.1. The first kappa shape index (κ1) is 32.9. The number of hydrogen-bond acceptors (Lipinski definition) is 10. The second-order valence-corrected chi connectivity index (χ2v) is 10.1. The Bertz CT molecular complexity index is 960. The third-order valence-corrected chi connectivity index (χ3v) is 6.18. The van der Waals surface area contributed by atoms with Gasteiger partial charge in [0.05, 0.1) is 11.8 Å². The van der Waals surface area contributed by atoms with Crippen LogP contribution in [0.3, 0.4) is 0 Å². The van der Waals surface area contributed by atoms with Crippen LogP contribution in [0.15, 0.2) is 18.2 Å².